The van der Waals surface area contributed by atoms with Crippen LogP contribution in [0.4, 0.5) is 0 Å². The summed E-state index contributed by atoms with van der Waals surface area (Å²) in [5, 5.41) is 0. The lowest BCUT2D eigenvalue weighted by atomic mass is 9.97. The quantitative estimate of drug-likeness (QED) is 0.217. The van der Waals surface area contributed by atoms with Gasteiger partial charge in [-0.05, 0) is 24.1 Å². The lowest BCUT2D eigenvalue weighted by Crippen LogP contribution is -2.33. The van der Waals surface area contributed by atoms with Gasteiger partial charge in [0.15, 0.2) is 0 Å². The largest absolute Gasteiger partial charge is 0.497 e. The van der Waals surface area contributed by atoms with Crippen LogP contribution < -0.4 is 4.74 Å². The van der Waals surface area contributed by atoms with E-state index in [0.717, 1.165) is 11.3 Å². The van der Waals surface area contributed by atoms with Gasteiger partial charge in [-0.2, -0.15) is 0 Å². The molecule has 0 aliphatic carbocycles. The third kappa shape index (κ3) is 8.20. The molecule has 8 nitrogen and oxygen atoms in total. The van der Waals surface area contributed by atoms with E-state index in [2.05, 4.69) is 0 Å². The summed E-state index contributed by atoms with van der Waals surface area (Å²) in [5.74, 6) is 0.399. The van der Waals surface area contributed by atoms with E-state index in [1.165, 1.54) is 14.0 Å². The lowest BCUT2D eigenvalue weighted by molar-refractivity contribution is -0.139. The predicted molar refractivity (Wildman–Crippen MR) is 111 cm³/mol. The van der Waals surface area contributed by atoms with Crippen molar-refractivity contribution in [1.82, 2.24) is 0 Å². The molecule has 1 aromatic carbocycles. The lowest BCUT2D eigenvalue weighted by Gasteiger charge is -2.35. The zero-order valence-electron chi connectivity index (χ0n) is 17.9. The van der Waals surface area contributed by atoms with Crippen LogP contribution in [0.3, 0.4) is 0 Å². The van der Waals surface area contributed by atoms with E-state index >= 15 is 0 Å². The maximum Gasteiger partial charge on any atom is 0.475 e. The molecule has 4 atom stereocenters. The number of methoxy groups -OCH3 is 1. The van der Waals surface area contributed by atoms with Gasteiger partial charge in [-0.25, -0.2) is 4.57 Å². The van der Waals surface area contributed by atoms with Crippen LogP contribution in [0.15, 0.2) is 36.4 Å². The minimum Gasteiger partial charge on any atom is -0.497 e. The molecule has 0 amide bonds. The average molecular weight is 442 g/mol. The van der Waals surface area contributed by atoms with E-state index in [4.69, 9.17) is 27.8 Å². The molecular weight excluding hydrogens is 411 g/mol. The van der Waals surface area contributed by atoms with Crippen molar-refractivity contribution in [2.75, 3.05) is 27.4 Å². The molecule has 1 fully saturated rings. The molecule has 168 valence electrons. The molecule has 9 heteroatoms. The summed E-state index contributed by atoms with van der Waals surface area (Å²) in [7, 11) is -0.686. The third-order valence-electron chi connectivity index (χ3n) is 4.68. The van der Waals surface area contributed by atoms with E-state index < -0.39 is 7.82 Å². The molecule has 1 unspecified atom stereocenters. The van der Waals surface area contributed by atoms with Crippen molar-refractivity contribution >= 4 is 13.8 Å². The standard InChI is InChI=1S/C21H31O8P/c1-16(6-5-12-27-17(2)22)21-14-20(28-30(23,25-4)29-21)11-13-26-15-18-7-9-19(24-3)10-8-18/h5-10,16,20-21H,11-15H2,1-4H3/b6-5+/t16-,20-,21+,30?/m0/s1. The minimum absolute atomic E-state index is 0.0596. The van der Waals surface area contributed by atoms with Gasteiger partial charge in [0.1, 0.15) is 12.4 Å². The first-order valence-electron chi connectivity index (χ1n) is 9.88. The number of benzene rings is 1. The van der Waals surface area contributed by atoms with Crippen molar-refractivity contribution in [2.45, 2.75) is 45.5 Å². The van der Waals surface area contributed by atoms with Gasteiger partial charge in [-0.1, -0.05) is 31.2 Å². The highest BCUT2D eigenvalue weighted by Gasteiger charge is 2.40. The Kier molecular flexibility index (Phi) is 10.0. The number of carbonyl (C=O) groups excluding carboxylic acids is 1. The van der Waals surface area contributed by atoms with Crippen LogP contribution in [-0.4, -0.2) is 45.6 Å². The van der Waals surface area contributed by atoms with E-state index in [1.807, 2.05) is 37.3 Å². The van der Waals surface area contributed by atoms with Gasteiger partial charge in [0.25, 0.3) is 0 Å². The molecule has 1 saturated heterocycles. The van der Waals surface area contributed by atoms with Crippen LogP contribution in [0.5, 0.6) is 5.75 Å². The summed E-state index contributed by atoms with van der Waals surface area (Å²) in [6.45, 7) is 4.40. The number of hydrogen-bond acceptors (Lipinski definition) is 8. The Morgan fingerprint density at radius 1 is 1.27 bits per heavy atom. The Bertz CT molecular complexity index is 733. The van der Waals surface area contributed by atoms with Gasteiger partial charge in [0, 0.05) is 33.0 Å². The number of phosphoric acid groups is 1. The van der Waals surface area contributed by atoms with Gasteiger partial charge in [-0.15, -0.1) is 0 Å². The van der Waals surface area contributed by atoms with Crippen LogP contribution in [0, 0.1) is 5.92 Å². The molecule has 0 bridgehead atoms. The van der Waals surface area contributed by atoms with Crippen LogP contribution in [0.25, 0.3) is 0 Å². The molecule has 0 radical (unpaired) electrons. The first kappa shape index (κ1) is 24.6. The maximum absolute atomic E-state index is 12.6. The second-order valence-electron chi connectivity index (χ2n) is 7.02. The zero-order chi connectivity index (χ0) is 22.0. The highest BCUT2D eigenvalue weighted by Crippen LogP contribution is 2.56. The predicted octanol–water partition coefficient (Wildman–Crippen LogP) is 4.29. The second kappa shape index (κ2) is 12.2. The maximum atomic E-state index is 12.6. The fourth-order valence-electron chi connectivity index (χ4n) is 2.97. The summed E-state index contributed by atoms with van der Waals surface area (Å²) in [6, 6.07) is 7.66. The Morgan fingerprint density at radius 3 is 2.63 bits per heavy atom. The molecule has 1 heterocycles. The summed E-state index contributed by atoms with van der Waals surface area (Å²) in [4.78, 5) is 10.8. The van der Waals surface area contributed by atoms with Crippen molar-refractivity contribution in [3.8, 4) is 5.75 Å². The van der Waals surface area contributed by atoms with E-state index in [1.54, 1.807) is 13.2 Å². The molecule has 0 N–H and O–H groups in total. The molecule has 1 aromatic rings. The Balaban J connectivity index is 1.83. The number of esters is 1. The number of rotatable bonds is 11. The Hall–Kier alpha value is -1.70. The molecular formula is C21H31O8P. The van der Waals surface area contributed by atoms with Crippen LogP contribution in [0.1, 0.15) is 32.3 Å². The topological polar surface area (TPSA) is 89.5 Å². The van der Waals surface area contributed by atoms with Crippen LogP contribution >= 0.6 is 7.82 Å². The highest BCUT2D eigenvalue weighted by molar-refractivity contribution is 7.48. The molecule has 1 aliphatic heterocycles. The molecule has 1 aliphatic rings. The first-order valence-corrected chi connectivity index (χ1v) is 11.3. The zero-order valence-corrected chi connectivity index (χ0v) is 18.8. The van der Waals surface area contributed by atoms with Gasteiger partial charge in [0.05, 0.1) is 25.9 Å². The molecule has 0 aromatic heterocycles. The van der Waals surface area contributed by atoms with Crippen molar-refractivity contribution in [3.63, 3.8) is 0 Å². The average Bonchev–Trinajstić information content (AvgIpc) is 2.74. The van der Waals surface area contributed by atoms with Gasteiger partial charge in [0.2, 0.25) is 0 Å². The molecule has 30 heavy (non-hydrogen) atoms. The first-order chi connectivity index (χ1) is 14.3. The smallest absolute Gasteiger partial charge is 0.475 e. The summed E-state index contributed by atoms with van der Waals surface area (Å²) in [5.41, 5.74) is 1.04. The fourth-order valence-corrected chi connectivity index (χ4v) is 4.36. The van der Waals surface area contributed by atoms with Crippen molar-refractivity contribution in [3.05, 3.63) is 42.0 Å². The molecule has 2 rings (SSSR count). The number of hydrogen-bond donors (Lipinski definition) is 0. The van der Waals surface area contributed by atoms with Crippen LogP contribution in [-0.2, 0) is 39.0 Å². The van der Waals surface area contributed by atoms with Crippen molar-refractivity contribution in [2.24, 2.45) is 5.92 Å². The second-order valence-corrected chi connectivity index (χ2v) is 8.70. The van der Waals surface area contributed by atoms with Gasteiger partial charge < -0.3 is 14.2 Å². The molecule has 0 saturated carbocycles. The minimum atomic E-state index is -3.62. The summed E-state index contributed by atoms with van der Waals surface area (Å²) >= 11 is 0. The summed E-state index contributed by atoms with van der Waals surface area (Å²) < 4.78 is 44.6. The molecule has 0 spiro atoms. The number of ether oxygens (including phenoxy) is 3. The van der Waals surface area contributed by atoms with Crippen LogP contribution in [0.2, 0.25) is 0 Å². The van der Waals surface area contributed by atoms with Gasteiger partial charge >= 0.3 is 13.8 Å². The third-order valence-corrected chi connectivity index (χ3v) is 6.21. The Labute approximate surface area is 178 Å². The van der Waals surface area contributed by atoms with Crippen molar-refractivity contribution in [1.29, 1.82) is 0 Å². The van der Waals surface area contributed by atoms with E-state index in [0.29, 0.717) is 26.1 Å². The number of phosphoric ester groups is 1. The van der Waals surface area contributed by atoms with Crippen molar-refractivity contribution < 1.29 is 37.1 Å². The number of carbonyl (C=O) groups is 1. The van der Waals surface area contributed by atoms with E-state index in [9.17, 15) is 9.36 Å². The van der Waals surface area contributed by atoms with Gasteiger partial charge in [-0.3, -0.25) is 18.4 Å². The monoisotopic (exact) mass is 442 g/mol. The Morgan fingerprint density at radius 2 is 2.00 bits per heavy atom. The highest BCUT2D eigenvalue weighted by atomic mass is 31.2. The summed E-state index contributed by atoms with van der Waals surface area (Å²) in [6.07, 6.45) is 4.08. The normalized spacial score (nSPS) is 25.2. The SMILES string of the molecule is COc1ccc(COCC[C@H]2C[C@H]([C@@H](C)/C=C/COC(C)=O)OP(=O)(OC)O2)cc1. The fraction of sp³-hybridized carbons (Fsp3) is 0.571. The van der Waals surface area contributed by atoms with E-state index in [-0.39, 0.29) is 30.7 Å².